The van der Waals surface area contributed by atoms with E-state index in [-0.39, 0.29) is 0 Å². The van der Waals surface area contributed by atoms with Crippen molar-refractivity contribution in [1.82, 2.24) is 9.97 Å². The minimum absolute atomic E-state index is 0.524. The van der Waals surface area contributed by atoms with Crippen LogP contribution in [0.25, 0.3) is 21.3 Å². The highest BCUT2D eigenvalue weighted by Crippen LogP contribution is 2.37. The third-order valence-electron chi connectivity index (χ3n) is 3.00. The first-order chi connectivity index (χ1) is 8.66. The van der Waals surface area contributed by atoms with Crippen LogP contribution in [0.3, 0.4) is 0 Å². The summed E-state index contributed by atoms with van der Waals surface area (Å²) in [6.07, 6.45) is 1.51. The van der Waals surface area contributed by atoms with Crippen molar-refractivity contribution in [3.05, 3.63) is 46.2 Å². The standard InChI is InChI=1S/C14H11ClN2S/c1-8-3-4-10(9(2)5-8)11-6-18-14-12(11)13(15)16-7-17-14/h3-7H,1-2H3. The smallest absolute Gasteiger partial charge is 0.141 e. The second kappa shape index (κ2) is 4.34. The molecule has 2 nitrogen and oxygen atoms in total. The molecule has 0 N–H and O–H groups in total. The van der Waals surface area contributed by atoms with E-state index in [1.165, 1.54) is 23.0 Å². The number of aryl methyl sites for hydroxylation is 2. The van der Waals surface area contributed by atoms with Gasteiger partial charge in [-0.3, -0.25) is 0 Å². The molecule has 4 heteroatoms. The van der Waals surface area contributed by atoms with Crippen LogP contribution in [0.5, 0.6) is 0 Å². The summed E-state index contributed by atoms with van der Waals surface area (Å²) < 4.78 is 0. The van der Waals surface area contributed by atoms with Crippen molar-refractivity contribution in [1.29, 1.82) is 0 Å². The molecule has 90 valence electrons. The zero-order chi connectivity index (χ0) is 12.7. The van der Waals surface area contributed by atoms with Crippen LogP contribution in [-0.4, -0.2) is 9.97 Å². The Morgan fingerprint density at radius 1 is 1.11 bits per heavy atom. The molecule has 2 heterocycles. The van der Waals surface area contributed by atoms with Gasteiger partial charge in [-0.25, -0.2) is 9.97 Å². The number of rotatable bonds is 1. The SMILES string of the molecule is Cc1ccc(-c2csc3ncnc(Cl)c23)c(C)c1. The first-order valence-electron chi connectivity index (χ1n) is 5.62. The van der Waals surface area contributed by atoms with Crippen molar-refractivity contribution in [3.8, 4) is 11.1 Å². The van der Waals surface area contributed by atoms with Crippen LogP contribution in [0.1, 0.15) is 11.1 Å². The Kier molecular flexibility index (Phi) is 2.80. The minimum atomic E-state index is 0.524. The van der Waals surface area contributed by atoms with Crippen LogP contribution in [0.4, 0.5) is 0 Å². The largest absolute Gasteiger partial charge is 0.225 e. The predicted molar refractivity (Wildman–Crippen MR) is 77.3 cm³/mol. The van der Waals surface area contributed by atoms with Crippen LogP contribution in [0.15, 0.2) is 29.9 Å². The van der Waals surface area contributed by atoms with E-state index >= 15 is 0 Å². The Morgan fingerprint density at radius 3 is 2.72 bits per heavy atom. The normalized spacial score (nSPS) is 11.1. The van der Waals surface area contributed by atoms with Gasteiger partial charge in [0, 0.05) is 10.9 Å². The molecular weight excluding hydrogens is 264 g/mol. The molecule has 2 aromatic heterocycles. The van der Waals surface area contributed by atoms with Crippen molar-refractivity contribution in [2.45, 2.75) is 13.8 Å². The highest BCUT2D eigenvalue weighted by molar-refractivity contribution is 7.17. The molecule has 0 unspecified atom stereocenters. The van der Waals surface area contributed by atoms with Gasteiger partial charge in [0.2, 0.25) is 0 Å². The molecule has 0 saturated heterocycles. The number of hydrogen-bond acceptors (Lipinski definition) is 3. The molecule has 0 saturated carbocycles. The number of fused-ring (bicyclic) bond motifs is 1. The number of aromatic nitrogens is 2. The first-order valence-corrected chi connectivity index (χ1v) is 6.88. The van der Waals surface area contributed by atoms with Gasteiger partial charge in [-0.05, 0) is 25.0 Å². The molecule has 3 rings (SSSR count). The van der Waals surface area contributed by atoms with Crippen molar-refractivity contribution < 1.29 is 0 Å². The number of thiophene rings is 1. The fourth-order valence-corrected chi connectivity index (χ4v) is 3.35. The molecular formula is C14H11ClN2S. The molecule has 0 bridgehead atoms. The molecule has 0 aliphatic rings. The van der Waals surface area contributed by atoms with E-state index in [1.807, 2.05) is 0 Å². The van der Waals surface area contributed by atoms with E-state index in [1.54, 1.807) is 11.3 Å². The lowest BCUT2D eigenvalue weighted by molar-refractivity contribution is 1.23. The van der Waals surface area contributed by atoms with E-state index in [0.717, 1.165) is 15.8 Å². The summed E-state index contributed by atoms with van der Waals surface area (Å²) in [5.41, 5.74) is 4.83. The Balaban J connectivity index is 2.32. The molecule has 1 aromatic carbocycles. The second-order valence-electron chi connectivity index (χ2n) is 4.31. The molecule has 0 atom stereocenters. The average molecular weight is 275 g/mol. The predicted octanol–water partition coefficient (Wildman–Crippen LogP) is 4.63. The van der Waals surface area contributed by atoms with E-state index in [2.05, 4.69) is 47.4 Å². The zero-order valence-corrected chi connectivity index (χ0v) is 11.6. The number of halogens is 1. The monoisotopic (exact) mass is 274 g/mol. The lowest BCUT2D eigenvalue weighted by atomic mass is 9.99. The average Bonchev–Trinajstić information content (AvgIpc) is 2.74. The second-order valence-corrected chi connectivity index (χ2v) is 5.53. The highest BCUT2D eigenvalue weighted by Gasteiger charge is 2.13. The molecule has 0 fully saturated rings. The van der Waals surface area contributed by atoms with Crippen LogP contribution >= 0.6 is 22.9 Å². The quantitative estimate of drug-likeness (QED) is 0.605. The summed E-state index contributed by atoms with van der Waals surface area (Å²) >= 11 is 7.79. The van der Waals surface area contributed by atoms with E-state index in [0.29, 0.717) is 5.15 Å². The lowest BCUT2D eigenvalue weighted by Gasteiger charge is -2.06. The van der Waals surface area contributed by atoms with Gasteiger partial charge in [0.05, 0.1) is 5.39 Å². The summed E-state index contributed by atoms with van der Waals surface area (Å²) in [5, 5.41) is 3.58. The van der Waals surface area contributed by atoms with Crippen molar-refractivity contribution in [2.24, 2.45) is 0 Å². The zero-order valence-electron chi connectivity index (χ0n) is 10.1. The maximum absolute atomic E-state index is 6.19. The molecule has 0 spiro atoms. The van der Waals surface area contributed by atoms with Crippen LogP contribution < -0.4 is 0 Å². The number of hydrogen-bond donors (Lipinski definition) is 0. The molecule has 3 aromatic rings. The summed E-state index contributed by atoms with van der Waals surface area (Å²) in [6.45, 7) is 4.21. The van der Waals surface area contributed by atoms with Gasteiger partial charge in [0.1, 0.15) is 16.3 Å². The Labute approximate surface area is 114 Å². The maximum atomic E-state index is 6.19. The third-order valence-corrected chi connectivity index (χ3v) is 4.17. The van der Waals surface area contributed by atoms with Gasteiger partial charge >= 0.3 is 0 Å². The number of nitrogens with zero attached hydrogens (tertiary/aromatic N) is 2. The van der Waals surface area contributed by atoms with Crippen LogP contribution in [0.2, 0.25) is 5.15 Å². The van der Waals surface area contributed by atoms with E-state index in [9.17, 15) is 0 Å². The van der Waals surface area contributed by atoms with Crippen LogP contribution in [-0.2, 0) is 0 Å². The Morgan fingerprint density at radius 2 is 1.94 bits per heavy atom. The first kappa shape index (κ1) is 11.6. The third kappa shape index (κ3) is 1.80. The van der Waals surface area contributed by atoms with Crippen molar-refractivity contribution >= 4 is 33.2 Å². The fraction of sp³-hybridized carbons (Fsp3) is 0.143. The molecule has 0 radical (unpaired) electrons. The lowest BCUT2D eigenvalue weighted by Crippen LogP contribution is -1.85. The summed E-state index contributed by atoms with van der Waals surface area (Å²) in [6, 6.07) is 6.43. The van der Waals surface area contributed by atoms with Crippen LogP contribution in [0, 0.1) is 13.8 Å². The molecule has 0 aliphatic carbocycles. The Bertz CT molecular complexity index is 734. The number of benzene rings is 1. The van der Waals surface area contributed by atoms with Crippen molar-refractivity contribution in [3.63, 3.8) is 0 Å². The van der Waals surface area contributed by atoms with Gasteiger partial charge in [0.15, 0.2) is 0 Å². The molecule has 0 aliphatic heterocycles. The van der Waals surface area contributed by atoms with Gasteiger partial charge in [-0.2, -0.15) is 0 Å². The fourth-order valence-electron chi connectivity index (χ4n) is 2.15. The van der Waals surface area contributed by atoms with E-state index in [4.69, 9.17) is 11.6 Å². The highest BCUT2D eigenvalue weighted by atomic mass is 35.5. The summed E-state index contributed by atoms with van der Waals surface area (Å²) in [4.78, 5) is 9.27. The molecule has 0 amide bonds. The van der Waals surface area contributed by atoms with E-state index < -0.39 is 0 Å². The van der Waals surface area contributed by atoms with Gasteiger partial charge in [-0.1, -0.05) is 35.4 Å². The Hall–Kier alpha value is -1.45. The summed E-state index contributed by atoms with van der Waals surface area (Å²) in [5.74, 6) is 0. The minimum Gasteiger partial charge on any atom is -0.225 e. The van der Waals surface area contributed by atoms with Gasteiger partial charge < -0.3 is 0 Å². The van der Waals surface area contributed by atoms with Crippen molar-refractivity contribution in [2.75, 3.05) is 0 Å². The topological polar surface area (TPSA) is 25.8 Å². The van der Waals surface area contributed by atoms with Gasteiger partial charge in [0.25, 0.3) is 0 Å². The van der Waals surface area contributed by atoms with Gasteiger partial charge in [-0.15, -0.1) is 11.3 Å². The maximum Gasteiger partial charge on any atom is 0.141 e. The molecule has 18 heavy (non-hydrogen) atoms. The summed E-state index contributed by atoms with van der Waals surface area (Å²) in [7, 11) is 0.